The number of carboxylic acid groups (broad SMARTS) is 1. The Balaban J connectivity index is 2.05. The van der Waals surface area contributed by atoms with Gasteiger partial charge in [-0.1, -0.05) is 12.1 Å². The van der Waals surface area contributed by atoms with E-state index in [1.165, 1.54) is 0 Å². The second-order valence-electron chi connectivity index (χ2n) is 5.06. The maximum atomic E-state index is 12.1. The fourth-order valence-electron chi connectivity index (χ4n) is 2.46. The molecule has 112 valence electrons. The summed E-state index contributed by atoms with van der Waals surface area (Å²) < 4.78 is 1.83. The highest BCUT2D eigenvalue weighted by atomic mass is 16.4. The third-order valence-corrected chi connectivity index (χ3v) is 3.52. The molecule has 7 nitrogen and oxygen atoms in total. The van der Waals surface area contributed by atoms with E-state index in [4.69, 9.17) is 10.8 Å². The summed E-state index contributed by atoms with van der Waals surface area (Å²) in [4.78, 5) is 29.6. The lowest BCUT2D eigenvalue weighted by Crippen LogP contribution is -2.15. The fraction of sp³-hybridized carbons (Fsp3) is 0.133. The second kappa shape index (κ2) is 5.03. The Morgan fingerprint density at radius 2 is 2.05 bits per heavy atom. The number of rotatable bonds is 3. The van der Waals surface area contributed by atoms with E-state index in [-0.39, 0.29) is 17.1 Å². The first-order chi connectivity index (χ1) is 10.5. The number of nitrogen functional groups attached to an aromatic ring is 1. The molecule has 4 N–H and O–H groups in total. The van der Waals surface area contributed by atoms with Crippen LogP contribution in [0.5, 0.6) is 0 Å². The number of benzene rings is 1. The molecular formula is C15H14N4O3. The van der Waals surface area contributed by atoms with Crippen LogP contribution < -0.4 is 11.3 Å². The van der Waals surface area contributed by atoms with Crippen molar-refractivity contribution in [3.8, 4) is 0 Å². The number of hydrogen-bond acceptors (Lipinski definition) is 4. The van der Waals surface area contributed by atoms with Crippen LogP contribution in [0, 0.1) is 6.92 Å². The highest BCUT2D eigenvalue weighted by molar-refractivity contribution is 5.87. The number of H-pyrrole nitrogens is 1. The molecule has 0 amide bonds. The number of nitrogens with zero attached hydrogens (tertiary/aromatic N) is 2. The minimum atomic E-state index is -0.967. The topological polar surface area (TPSA) is 114 Å². The van der Waals surface area contributed by atoms with Crippen molar-refractivity contribution in [2.45, 2.75) is 13.5 Å². The van der Waals surface area contributed by atoms with Gasteiger partial charge in [0.2, 0.25) is 5.95 Å². The number of aromatic carboxylic acids is 1. The van der Waals surface area contributed by atoms with Gasteiger partial charge in [0.1, 0.15) is 5.52 Å². The normalized spacial score (nSPS) is 11.0. The van der Waals surface area contributed by atoms with E-state index in [0.29, 0.717) is 17.6 Å². The molecule has 2 heterocycles. The summed E-state index contributed by atoms with van der Waals surface area (Å²) in [6, 6.07) is 8.34. The van der Waals surface area contributed by atoms with Crippen LogP contribution in [0.4, 0.5) is 5.95 Å². The molecule has 0 unspecified atom stereocenters. The van der Waals surface area contributed by atoms with Crippen LogP contribution in [0.1, 0.15) is 21.6 Å². The molecule has 0 atom stereocenters. The lowest BCUT2D eigenvalue weighted by molar-refractivity contribution is 0.0697. The summed E-state index contributed by atoms with van der Waals surface area (Å²) in [6.45, 7) is 2.33. The van der Waals surface area contributed by atoms with E-state index in [9.17, 15) is 9.59 Å². The van der Waals surface area contributed by atoms with Gasteiger partial charge in [-0.25, -0.2) is 9.78 Å². The zero-order chi connectivity index (χ0) is 15.9. The highest BCUT2D eigenvalue weighted by Crippen LogP contribution is 2.17. The molecule has 0 fully saturated rings. The molecule has 0 aliphatic carbocycles. The van der Waals surface area contributed by atoms with Crippen LogP contribution in [0.3, 0.4) is 0 Å². The second-order valence-corrected chi connectivity index (χ2v) is 5.06. The molecule has 2 aromatic heterocycles. The van der Waals surface area contributed by atoms with Crippen molar-refractivity contribution >= 4 is 23.0 Å². The summed E-state index contributed by atoms with van der Waals surface area (Å²) in [6.07, 6.45) is 0. The van der Waals surface area contributed by atoms with E-state index in [1.807, 2.05) is 11.5 Å². The third kappa shape index (κ3) is 2.32. The molecule has 7 heteroatoms. The van der Waals surface area contributed by atoms with Crippen molar-refractivity contribution in [2.24, 2.45) is 0 Å². The van der Waals surface area contributed by atoms with Crippen LogP contribution in [-0.4, -0.2) is 25.6 Å². The van der Waals surface area contributed by atoms with Gasteiger partial charge in [0.15, 0.2) is 0 Å². The van der Waals surface area contributed by atoms with Crippen molar-refractivity contribution < 1.29 is 9.90 Å². The minimum Gasteiger partial charge on any atom is -0.478 e. The van der Waals surface area contributed by atoms with Gasteiger partial charge in [-0.2, -0.15) is 0 Å². The Morgan fingerprint density at radius 3 is 2.68 bits per heavy atom. The maximum Gasteiger partial charge on any atom is 0.335 e. The van der Waals surface area contributed by atoms with Crippen LogP contribution in [-0.2, 0) is 6.54 Å². The van der Waals surface area contributed by atoms with Gasteiger partial charge in [-0.05, 0) is 30.7 Å². The van der Waals surface area contributed by atoms with E-state index >= 15 is 0 Å². The zero-order valence-electron chi connectivity index (χ0n) is 11.8. The van der Waals surface area contributed by atoms with Gasteiger partial charge in [0, 0.05) is 12.2 Å². The van der Waals surface area contributed by atoms with Gasteiger partial charge in [0.25, 0.3) is 5.56 Å². The van der Waals surface area contributed by atoms with Gasteiger partial charge >= 0.3 is 5.97 Å². The summed E-state index contributed by atoms with van der Waals surface area (Å²) >= 11 is 0. The Kier molecular flexibility index (Phi) is 3.17. The molecule has 1 aromatic carbocycles. The maximum absolute atomic E-state index is 12.1. The van der Waals surface area contributed by atoms with Gasteiger partial charge in [-0.3, -0.25) is 9.78 Å². The molecule has 22 heavy (non-hydrogen) atoms. The number of nitrogens with two attached hydrogens (primary N) is 1. The SMILES string of the molecule is Cc1cc2nc(N)[nH]c(=O)c2n1Cc1ccc(C(=O)O)cc1. The number of nitrogens with one attached hydrogen (secondary N) is 1. The lowest BCUT2D eigenvalue weighted by Gasteiger charge is -2.08. The number of aryl methyl sites for hydroxylation is 1. The van der Waals surface area contributed by atoms with E-state index in [1.54, 1.807) is 30.3 Å². The summed E-state index contributed by atoms with van der Waals surface area (Å²) in [5, 5.41) is 8.91. The monoisotopic (exact) mass is 298 g/mol. The molecule has 0 saturated carbocycles. The Labute approximate surface area is 125 Å². The van der Waals surface area contributed by atoms with E-state index in [2.05, 4.69) is 9.97 Å². The molecule has 0 saturated heterocycles. The van der Waals surface area contributed by atoms with E-state index in [0.717, 1.165) is 11.3 Å². The molecule has 0 spiro atoms. The smallest absolute Gasteiger partial charge is 0.335 e. The molecule has 0 bridgehead atoms. The quantitative estimate of drug-likeness (QED) is 0.675. The first kappa shape index (κ1) is 13.9. The van der Waals surface area contributed by atoms with Gasteiger partial charge in [-0.15, -0.1) is 0 Å². The Hall–Kier alpha value is -3.09. The molecule has 0 aliphatic heterocycles. The number of fused-ring (bicyclic) bond motifs is 1. The summed E-state index contributed by atoms with van der Waals surface area (Å²) in [5.41, 5.74) is 8.24. The minimum absolute atomic E-state index is 0.0838. The van der Waals surface area contributed by atoms with Crippen molar-refractivity contribution in [3.05, 3.63) is 57.5 Å². The predicted octanol–water partition coefficient (Wildman–Crippen LogP) is 1.36. The van der Waals surface area contributed by atoms with Crippen LogP contribution in [0.25, 0.3) is 11.0 Å². The number of carbonyl (C=O) groups is 1. The highest BCUT2D eigenvalue weighted by Gasteiger charge is 2.12. The molecule has 3 aromatic rings. The van der Waals surface area contributed by atoms with Crippen LogP contribution in [0.15, 0.2) is 35.1 Å². The van der Waals surface area contributed by atoms with Crippen molar-refractivity contribution in [1.82, 2.24) is 14.5 Å². The van der Waals surface area contributed by atoms with Gasteiger partial charge in [0.05, 0.1) is 11.1 Å². The standard InChI is InChI=1S/C15H14N4O3/c1-8-6-11-12(13(20)18-15(16)17-11)19(8)7-9-2-4-10(5-3-9)14(21)22/h2-6H,7H2,1H3,(H,21,22)(H3,16,17,18,20). The Morgan fingerprint density at radius 1 is 1.36 bits per heavy atom. The Bertz CT molecular complexity index is 922. The molecule has 0 radical (unpaired) electrons. The summed E-state index contributed by atoms with van der Waals surface area (Å²) in [5.74, 6) is -0.884. The number of carboxylic acids is 1. The largest absolute Gasteiger partial charge is 0.478 e. The van der Waals surface area contributed by atoms with Crippen LogP contribution in [0.2, 0.25) is 0 Å². The summed E-state index contributed by atoms with van der Waals surface area (Å²) in [7, 11) is 0. The van der Waals surface area contributed by atoms with Gasteiger partial charge < -0.3 is 15.4 Å². The third-order valence-electron chi connectivity index (χ3n) is 3.52. The molecule has 3 rings (SSSR count). The molecule has 0 aliphatic rings. The number of hydrogen-bond donors (Lipinski definition) is 3. The fourth-order valence-corrected chi connectivity index (χ4v) is 2.46. The first-order valence-electron chi connectivity index (χ1n) is 6.63. The molecular weight excluding hydrogens is 284 g/mol. The average Bonchev–Trinajstić information content (AvgIpc) is 2.75. The van der Waals surface area contributed by atoms with Crippen molar-refractivity contribution in [2.75, 3.05) is 5.73 Å². The predicted molar refractivity (Wildman–Crippen MR) is 82.0 cm³/mol. The van der Waals surface area contributed by atoms with E-state index < -0.39 is 5.97 Å². The lowest BCUT2D eigenvalue weighted by atomic mass is 10.1. The number of aromatic amines is 1. The zero-order valence-corrected chi connectivity index (χ0v) is 11.8. The number of aromatic nitrogens is 3. The first-order valence-corrected chi connectivity index (χ1v) is 6.63. The average molecular weight is 298 g/mol. The van der Waals surface area contributed by atoms with Crippen LogP contribution >= 0.6 is 0 Å². The van der Waals surface area contributed by atoms with Crippen molar-refractivity contribution in [1.29, 1.82) is 0 Å². The van der Waals surface area contributed by atoms with Crippen molar-refractivity contribution in [3.63, 3.8) is 0 Å². The number of anilines is 1.